The molecule has 1 aliphatic carbocycles. The van der Waals surface area contributed by atoms with E-state index in [0.717, 1.165) is 42.7 Å². The molecule has 35 heavy (non-hydrogen) atoms. The first kappa shape index (κ1) is 22.5. The highest BCUT2D eigenvalue weighted by Crippen LogP contribution is 2.31. The topological polar surface area (TPSA) is 91.5 Å². The number of fused-ring (bicyclic) bond motifs is 1. The number of carbonyl (C=O) groups is 1. The summed E-state index contributed by atoms with van der Waals surface area (Å²) in [6.45, 7) is 1.90. The standard InChI is InChI=1S/C28H27N5O2/c1-19-25(28(34)32-21-8-4-2-5-9-21)18-33-27(19)26(20(16-29)17-30-33)31-22-12-14-24(15-13-22)35-23-10-6-3-7-11-23/h3,6-7,10-15,17-18,21,31H,2,4-5,8-9H2,1H3,(H,32,34). The number of hydrogen-bond donors (Lipinski definition) is 2. The van der Waals surface area contributed by atoms with Crippen molar-refractivity contribution < 1.29 is 9.53 Å². The highest BCUT2D eigenvalue weighted by Gasteiger charge is 2.22. The largest absolute Gasteiger partial charge is 0.457 e. The summed E-state index contributed by atoms with van der Waals surface area (Å²) >= 11 is 0. The maximum Gasteiger partial charge on any atom is 0.253 e. The highest BCUT2D eigenvalue weighted by molar-refractivity contribution is 6.00. The van der Waals surface area contributed by atoms with Crippen LogP contribution in [0.4, 0.5) is 11.4 Å². The third-order valence-corrected chi connectivity index (χ3v) is 6.47. The fourth-order valence-corrected chi connectivity index (χ4v) is 4.61. The molecule has 4 aromatic rings. The Labute approximate surface area is 204 Å². The van der Waals surface area contributed by atoms with E-state index >= 15 is 0 Å². The van der Waals surface area contributed by atoms with Crippen LogP contribution >= 0.6 is 0 Å². The van der Waals surface area contributed by atoms with Gasteiger partial charge in [-0.3, -0.25) is 4.79 Å². The summed E-state index contributed by atoms with van der Waals surface area (Å²) in [5, 5.41) is 20.7. The van der Waals surface area contributed by atoms with Crippen LogP contribution in [0, 0.1) is 18.3 Å². The van der Waals surface area contributed by atoms with Crippen LogP contribution in [0.5, 0.6) is 11.5 Å². The van der Waals surface area contributed by atoms with Crippen molar-refractivity contribution in [3.63, 3.8) is 0 Å². The number of hydrogen-bond acceptors (Lipinski definition) is 5. The van der Waals surface area contributed by atoms with Crippen LogP contribution < -0.4 is 15.4 Å². The summed E-state index contributed by atoms with van der Waals surface area (Å²) in [5.74, 6) is 1.38. The van der Waals surface area contributed by atoms with Gasteiger partial charge >= 0.3 is 0 Å². The Morgan fingerprint density at radius 1 is 1.06 bits per heavy atom. The molecule has 0 spiro atoms. The average Bonchev–Trinajstić information content (AvgIpc) is 3.23. The Morgan fingerprint density at radius 3 is 2.49 bits per heavy atom. The zero-order valence-corrected chi connectivity index (χ0v) is 19.6. The van der Waals surface area contributed by atoms with E-state index in [-0.39, 0.29) is 11.9 Å². The smallest absolute Gasteiger partial charge is 0.253 e. The number of anilines is 2. The summed E-state index contributed by atoms with van der Waals surface area (Å²) in [5.41, 5.74) is 3.89. The van der Waals surface area contributed by atoms with Crippen molar-refractivity contribution in [2.75, 3.05) is 5.32 Å². The van der Waals surface area contributed by atoms with Crippen LogP contribution in [-0.2, 0) is 0 Å². The lowest BCUT2D eigenvalue weighted by Gasteiger charge is -2.22. The van der Waals surface area contributed by atoms with Gasteiger partial charge in [0.05, 0.1) is 28.5 Å². The molecule has 0 bridgehead atoms. The summed E-state index contributed by atoms with van der Waals surface area (Å²) in [7, 11) is 0. The predicted molar refractivity (Wildman–Crippen MR) is 135 cm³/mol. The number of rotatable bonds is 6. The van der Waals surface area contributed by atoms with Crippen LogP contribution in [-0.4, -0.2) is 21.6 Å². The number of aromatic nitrogens is 2. The summed E-state index contributed by atoms with van der Waals surface area (Å²) in [6, 6.07) is 19.6. The fourth-order valence-electron chi connectivity index (χ4n) is 4.61. The van der Waals surface area contributed by atoms with Gasteiger partial charge in [-0.2, -0.15) is 10.4 Å². The number of nitriles is 1. The molecule has 0 radical (unpaired) electrons. The monoisotopic (exact) mass is 465 g/mol. The second kappa shape index (κ2) is 9.90. The Morgan fingerprint density at radius 2 is 1.77 bits per heavy atom. The lowest BCUT2D eigenvalue weighted by Crippen LogP contribution is -2.36. The number of aryl methyl sites for hydroxylation is 1. The van der Waals surface area contributed by atoms with E-state index in [1.165, 1.54) is 12.6 Å². The molecule has 1 fully saturated rings. The Balaban J connectivity index is 1.42. The van der Waals surface area contributed by atoms with Crippen molar-refractivity contribution >= 4 is 22.8 Å². The second-order valence-corrected chi connectivity index (χ2v) is 8.88. The van der Waals surface area contributed by atoms with Crippen LogP contribution in [0.1, 0.15) is 53.6 Å². The Kier molecular flexibility index (Phi) is 6.36. The predicted octanol–water partition coefficient (Wildman–Crippen LogP) is 6.11. The van der Waals surface area contributed by atoms with Crippen molar-refractivity contribution in [1.82, 2.24) is 14.9 Å². The first-order chi connectivity index (χ1) is 17.1. The molecule has 0 unspecified atom stereocenters. The minimum Gasteiger partial charge on any atom is -0.457 e. The zero-order valence-electron chi connectivity index (χ0n) is 19.6. The van der Waals surface area contributed by atoms with Gasteiger partial charge < -0.3 is 15.4 Å². The lowest BCUT2D eigenvalue weighted by molar-refractivity contribution is 0.0927. The van der Waals surface area contributed by atoms with Gasteiger partial charge in [-0.25, -0.2) is 4.52 Å². The highest BCUT2D eigenvalue weighted by atomic mass is 16.5. The molecular formula is C28H27N5O2. The number of amides is 1. The quantitative estimate of drug-likeness (QED) is 0.358. The summed E-state index contributed by atoms with van der Waals surface area (Å²) in [4.78, 5) is 13.1. The maximum absolute atomic E-state index is 13.1. The van der Waals surface area contributed by atoms with E-state index in [2.05, 4.69) is 21.8 Å². The number of carbonyl (C=O) groups excluding carboxylic acids is 1. The molecule has 7 nitrogen and oxygen atoms in total. The molecule has 1 saturated carbocycles. The van der Waals surface area contributed by atoms with Gasteiger partial charge in [0.1, 0.15) is 17.6 Å². The molecule has 2 heterocycles. The molecule has 2 aromatic carbocycles. The van der Waals surface area contributed by atoms with Crippen molar-refractivity contribution in [2.45, 2.75) is 45.1 Å². The van der Waals surface area contributed by atoms with E-state index in [9.17, 15) is 10.1 Å². The van der Waals surface area contributed by atoms with Gasteiger partial charge in [0.25, 0.3) is 5.91 Å². The van der Waals surface area contributed by atoms with Gasteiger partial charge in [-0.15, -0.1) is 0 Å². The molecule has 0 aliphatic heterocycles. The van der Waals surface area contributed by atoms with Crippen molar-refractivity contribution in [2.24, 2.45) is 0 Å². The van der Waals surface area contributed by atoms with E-state index in [4.69, 9.17) is 4.74 Å². The zero-order chi connectivity index (χ0) is 24.2. The maximum atomic E-state index is 13.1. The Hall–Kier alpha value is -4.31. The van der Waals surface area contributed by atoms with Crippen molar-refractivity contribution in [3.05, 3.63) is 83.7 Å². The van der Waals surface area contributed by atoms with E-state index < -0.39 is 0 Å². The van der Waals surface area contributed by atoms with Gasteiger partial charge in [0.2, 0.25) is 0 Å². The Bertz CT molecular complexity index is 1380. The molecule has 2 aromatic heterocycles. The SMILES string of the molecule is Cc1c(C(=O)NC2CCCCC2)cn2ncc(C#N)c(Nc3ccc(Oc4ccccc4)cc3)c12. The number of para-hydroxylation sites is 1. The van der Waals surface area contributed by atoms with Crippen LogP contribution in [0.25, 0.3) is 5.52 Å². The normalized spacial score (nSPS) is 13.8. The average molecular weight is 466 g/mol. The summed E-state index contributed by atoms with van der Waals surface area (Å²) < 4.78 is 7.54. The van der Waals surface area contributed by atoms with Gasteiger partial charge in [-0.1, -0.05) is 37.5 Å². The number of nitrogens with one attached hydrogen (secondary N) is 2. The lowest BCUT2D eigenvalue weighted by atomic mass is 9.95. The van der Waals surface area contributed by atoms with E-state index in [1.54, 1.807) is 10.7 Å². The van der Waals surface area contributed by atoms with Crippen LogP contribution in [0.2, 0.25) is 0 Å². The summed E-state index contributed by atoms with van der Waals surface area (Å²) in [6.07, 6.45) is 8.83. The number of benzene rings is 2. The van der Waals surface area contributed by atoms with Crippen LogP contribution in [0.15, 0.2) is 67.0 Å². The first-order valence-electron chi connectivity index (χ1n) is 11.9. The first-order valence-corrected chi connectivity index (χ1v) is 11.9. The molecule has 176 valence electrons. The molecule has 7 heteroatoms. The second-order valence-electron chi connectivity index (χ2n) is 8.88. The van der Waals surface area contributed by atoms with E-state index in [0.29, 0.717) is 28.1 Å². The van der Waals surface area contributed by atoms with Crippen LogP contribution in [0.3, 0.4) is 0 Å². The minimum absolute atomic E-state index is 0.0910. The third kappa shape index (κ3) is 4.82. The van der Waals surface area contributed by atoms with Crippen molar-refractivity contribution in [1.29, 1.82) is 5.26 Å². The molecule has 2 N–H and O–H groups in total. The fraction of sp³-hybridized carbons (Fsp3) is 0.250. The van der Waals surface area contributed by atoms with Gasteiger partial charge in [0, 0.05) is 17.9 Å². The number of nitrogens with zero attached hydrogens (tertiary/aromatic N) is 3. The number of ether oxygens (including phenoxy) is 1. The molecule has 0 atom stereocenters. The molecule has 1 aliphatic rings. The molecule has 0 saturated heterocycles. The van der Waals surface area contributed by atoms with E-state index in [1.807, 2.05) is 61.5 Å². The molecular weight excluding hydrogens is 438 g/mol. The van der Waals surface area contributed by atoms with Gasteiger partial charge in [-0.05, 0) is 61.7 Å². The minimum atomic E-state index is -0.0910. The molecule has 1 amide bonds. The molecule has 5 rings (SSSR count). The third-order valence-electron chi connectivity index (χ3n) is 6.47. The van der Waals surface area contributed by atoms with Gasteiger partial charge in [0.15, 0.2) is 0 Å². The van der Waals surface area contributed by atoms with Crippen molar-refractivity contribution in [3.8, 4) is 17.6 Å².